The molecule has 4 saturated heterocycles. The van der Waals surface area contributed by atoms with Gasteiger partial charge in [0.2, 0.25) is 19.0 Å². The second kappa shape index (κ2) is 31.6. The fourth-order valence-corrected chi connectivity index (χ4v) is 13.7. The van der Waals surface area contributed by atoms with Crippen LogP contribution in [0.25, 0.3) is 31.2 Å². The molecule has 0 aliphatic carbocycles. The molecule has 19 nitrogen and oxygen atoms in total. The first-order valence-electron chi connectivity index (χ1n) is 32.0. The third kappa shape index (κ3) is 16.4. The highest BCUT2D eigenvalue weighted by Gasteiger charge is 2.40. The summed E-state index contributed by atoms with van der Waals surface area (Å²) in [6, 6.07) is 31.5. The number of anilines is 4. The Morgan fingerprint density at radius 3 is 1.49 bits per heavy atom. The molecule has 0 bridgehead atoms. The molecule has 1 amide bonds. The summed E-state index contributed by atoms with van der Waals surface area (Å²) in [5.41, 5.74) is 7.23. The molecule has 4 atom stereocenters. The highest BCUT2D eigenvalue weighted by Crippen LogP contribution is 2.39. The van der Waals surface area contributed by atoms with E-state index in [4.69, 9.17) is 42.6 Å². The van der Waals surface area contributed by atoms with Crippen molar-refractivity contribution < 1.29 is 28.6 Å². The Labute approximate surface area is 563 Å². The molecule has 6 aromatic rings. The van der Waals surface area contributed by atoms with E-state index in [1.54, 1.807) is 4.90 Å². The topological polar surface area (TPSA) is 162 Å². The van der Waals surface area contributed by atoms with Gasteiger partial charge in [-0.15, -0.1) is 0 Å². The minimum Gasteiger partial charge on any atom is -0.462 e. The Morgan fingerprint density at radius 2 is 1.04 bits per heavy atom. The Bertz CT molecular complexity index is 3730. The number of likely N-dealkylation sites (N-methyl/N-ethyl adjacent to an activating group) is 2. The van der Waals surface area contributed by atoms with Gasteiger partial charge in [-0.2, -0.15) is 46.9 Å². The zero-order chi connectivity index (χ0) is 64.4. The van der Waals surface area contributed by atoms with Gasteiger partial charge in [-0.05, 0) is 122 Å². The summed E-state index contributed by atoms with van der Waals surface area (Å²) >= 11 is 0. The summed E-state index contributed by atoms with van der Waals surface area (Å²) < 4.78 is 16.8. The zero-order valence-corrected chi connectivity index (χ0v) is 56.9. The van der Waals surface area contributed by atoms with E-state index in [-0.39, 0.29) is 56.6 Å². The molecule has 8 heterocycles. The lowest BCUT2D eigenvalue weighted by molar-refractivity contribution is -0.152. The first kappa shape index (κ1) is 70.7. The number of nitrogens with zero attached hydrogens (tertiary/aromatic N) is 13. The van der Waals surface area contributed by atoms with Crippen molar-refractivity contribution in [3.63, 3.8) is 0 Å². The number of fused-ring (bicyclic) bond motifs is 4. The Morgan fingerprint density at radius 1 is 0.570 bits per heavy atom. The summed E-state index contributed by atoms with van der Waals surface area (Å²) in [5.74, 6) is 0.647. The monoisotopic (exact) mass is 1300 g/mol. The van der Waals surface area contributed by atoms with Crippen molar-refractivity contribution in [2.75, 3.05) is 106 Å². The van der Waals surface area contributed by atoms with Crippen LogP contribution in [-0.4, -0.2) is 168 Å². The first-order valence-corrected chi connectivity index (χ1v) is 32.0. The molecule has 4 fully saturated rings. The largest absolute Gasteiger partial charge is 0.462 e. The van der Waals surface area contributed by atoms with Gasteiger partial charge >= 0.3 is 24.0 Å². The number of carbonyl (C=O) groups is 3. The van der Waals surface area contributed by atoms with E-state index in [2.05, 4.69) is 190 Å². The van der Waals surface area contributed by atoms with Gasteiger partial charge < -0.3 is 48.4 Å². The number of hydrogen-bond acceptors (Lipinski definition) is 16. The molecule has 6 aliphatic heterocycles. The molecule has 0 N–H and O–H groups in total. The van der Waals surface area contributed by atoms with E-state index in [9.17, 15) is 14.4 Å². The molecule has 2 aromatic heterocycles. The normalized spacial score (nSPS) is 20.5. The number of esters is 2. The van der Waals surface area contributed by atoms with Crippen LogP contribution in [0.3, 0.4) is 0 Å². The zero-order valence-electron chi connectivity index (χ0n) is 54.9. The van der Waals surface area contributed by atoms with Crippen LogP contribution in [0.15, 0.2) is 123 Å². The van der Waals surface area contributed by atoms with Crippen molar-refractivity contribution >= 4 is 89.4 Å². The van der Waals surface area contributed by atoms with E-state index in [1.807, 2.05) is 0 Å². The van der Waals surface area contributed by atoms with Crippen molar-refractivity contribution in [3.8, 4) is 12.0 Å². The lowest BCUT2D eigenvalue weighted by atomic mass is 9.96. The fraction of sp³-hybridized carbons (Fsp3) is 0.458. The number of ether oxygens (including phenoxy) is 3. The highest BCUT2D eigenvalue weighted by molar-refractivity contribution is 7.59. The van der Waals surface area contributed by atoms with Gasteiger partial charge in [0.05, 0.1) is 24.5 Å². The van der Waals surface area contributed by atoms with Gasteiger partial charge in [0.1, 0.15) is 30.9 Å². The third-order valence-electron chi connectivity index (χ3n) is 19.5. The summed E-state index contributed by atoms with van der Waals surface area (Å²) in [4.78, 5) is 76.5. The van der Waals surface area contributed by atoms with Crippen LogP contribution in [0.4, 0.5) is 23.0 Å². The maximum absolute atomic E-state index is 12.6. The van der Waals surface area contributed by atoms with Crippen molar-refractivity contribution in [3.05, 3.63) is 168 Å². The minimum absolute atomic E-state index is 0. The number of hydrogen-bond donors (Lipinski definition) is 0. The Kier molecular flexibility index (Phi) is 24.0. The van der Waals surface area contributed by atoms with Crippen LogP contribution in [0, 0.1) is 19.1 Å². The van der Waals surface area contributed by atoms with Crippen molar-refractivity contribution in [2.24, 2.45) is 5.92 Å². The number of amides is 1. The lowest BCUT2D eigenvalue weighted by Crippen LogP contribution is -2.56. The molecule has 492 valence electrons. The SMILES string of the molecule is C=CC(=O)OC(=O)C=C.S.S.[C-]#[N+]CC1CCCN(c2nc(OC[C@@H]3CCC(C)(C)N3C)nc3c2CCN(c2cccc4ccccc24)C3)C1.[C-]#[N+]CC1CN(c2nc(OC[C@@H]3CCC(C)(C)N3C)nc3c2CCN(c2cccc4ccccc24)C3)CCN1C(=O)C=C. The Hall–Kier alpha value is -8.21. The molecule has 0 saturated carbocycles. The molecule has 2 unspecified atom stereocenters. The summed E-state index contributed by atoms with van der Waals surface area (Å²) in [6.45, 7) is 42.6. The molecule has 93 heavy (non-hydrogen) atoms. The average molecular weight is 1300 g/mol. The maximum Gasteiger partial charge on any atom is 0.338 e. The van der Waals surface area contributed by atoms with Crippen LogP contribution in [0.5, 0.6) is 12.0 Å². The summed E-state index contributed by atoms with van der Waals surface area (Å²) in [6.07, 6.45) is 11.6. The standard InChI is InChI=1S/C34H41N7O2.C32H40N6O.C6H6O3.2H2S/c1-6-31(42)41-19-18-40(21-26(41)20-35-4)32-28-15-17-39(30-13-9-11-24-10-7-8-12-27(24)30)22-29(28)36-33(37-32)43-23-25-14-16-34(2,3)38(25)5;1-32(2)16-14-25(36(32)4)22-39-31-34-28-21-37(29-13-7-11-24-10-5-6-12-26(24)29)18-15-27(28)30(35-31)38-17-8-9-23(20-38)19-33-3;1-3-5(7)9-6(8)4-2;;/h6-13,25-26H,1,14-23H2,2-3,5H3;5-7,10-13,23,25H,8-9,14-22H2,1-2,4H3;3-4H,1-2H2;2*1H2/t25-,26?;23?,25-;;;/m00.../s1. The smallest absolute Gasteiger partial charge is 0.338 e. The number of likely N-dealkylation sites (tertiary alicyclic amines) is 2. The van der Waals surface area contributed by atoms with Crippen LogP contribution in [-0.2, 0) is 45.1 Å². The van der Waals surface area contributed by atoms with E-state index in [0.29, 0.717) is 76.0 Å². The number of carbonyl (C=O) groups excluding carboxylic acids is 3. The third-order valence-corrected chi connectivity index (χ3v) is 19.5. The molecule has 12 rings (SSSR count). The van der Waals surface area contributed by atoms with E-state index in [0.717, 1.165) is 118 Å². The van der Waals surface area contributed by atoms with Gasteiger partial charge in [-0.1, -0.05) is 92.5 Å². The Balaban J connectivity index is 0.000000208. The minimum atomic E-state index is -0.764. The van der Waals surface area contributed by atoms with Crippen LogP contribution < -0.4 is 29.1 Å². The van der Waals surface area contributed by atoms with Crippen molar-refractivity contribution in [1.82, 2.24) is 34.6 Å². The van der Waals surface area contributed by atoms with Gasteiger partial charge in [0.15, 0.2) is 0 Å². The second-order valence-electron chi connectivity index (χ2n) is 25.8. The average Bonchev–Trinajstić information content (AvgIpc) is 1.58. The number of piperidine rings is 1. The molecule has 0 radical (unpaired) electrons. The molecule has 0 spiro atoms. The number of aromatic nitrogens is 4. The molecule has 21 heteroatoms. The van der Waals surface area contributed by atoms with E-state index >= 15 is 0 Å². The molecule has 6 aliphatic rings. The number of piperazine rings is 1. The highest BCUT2D eigenvalue weighted by atomic mass is 32.1. The van der Waals surface area contributed by atoms with Gasteiger partial charge in [0, 0.05) is 120 Å². The van der Waals surface area contributed by atoms with Crippen LogP contribution in [0.1, 0.15) is 88.7 Å². The molecule has 4 aromatic carbocycles. The van der Waals surface area contributed by atoms with Crippen molar-refractivity contribution in [2.45, 2.75) is 121 Å². The lowest BCUT2D eigenvalue weighted by Gasteiger charge is -2.41. The summed E-state index contributed by atoms with van der Waals surface area (Å²) in [5, 5.41) is 4.99. The fourth-order valence-electron chi connectivity index (χ4n) is 13.7. The quantitative estimate of drug-likeness (QED) is 0.0413. The predicted octanol–water partition coefficient (Wildman–Crippen LogP) is 10.8. The summed E-state index contributed by atoms with van der Waals surface area (Å²) in [7, 11) is 4.37. The van der Waals surface area contributed by atoms with Gasteiger partial charge in [0.25, 0.3) is 0 Å². The van der Waals surface area contributed by atoms with E-state index in [1.165, 1.54) is 51.0 Å². The molecular formula is C72H91N13O6S2. The maximum atomic E-state index is 12.6. The number of benzene rings is 4. The van der Waals surface area contributed by atoms with Crippen LogP contribution in [0.2, 0.25) is 0 Å². The van der Waals surface area contributed by atoms with E-state index < -0.39 is 11.9 Å². The first-order chi connectivity index (χ1) is 43.9. The molecular weight excluding hydrogens is 1210 g/mol. The van der Waals surface area contributed by atoms with Gasteiger partial charge in [-0.3, -0.25) is 14.6 Å². The number of rotatable bonds is 15. The predicted molar refractivity (Wildman–Crippen MR) is 380 cm³/mol. The van der Waals surface area contributed by atoms with Gasteiger partial charge in [-0.25, -0.2) is 22.7 Å². The van der Waals surface area contributed by atoms with Crippen molar-refractivity contribution in [1.29, 1.82) is 0 Å². The second-order valence-corrected chi connectivity index (χ2v) is 25.8. The van der Waals surface area contributed by atoms with Crippen LogP contribution >= 0.6 is 27.0 Å².